The summed E-state index contributed by atoms with van der Waals surface area (Å²) in [5.41, 5.74) is 2.48. The van der Waals surface area contributed by atoms with Crippen molar-refractivity contribution < 1.29 is 17.9 Å². The van der Waals surface area contributed by atoms with Crippen LogP contribution >= 0.6 is 0 Å². The minimum absolute atomic E-state index is 0.0773. The van der Waals surface area contributed by atoms with Crippen LogP contribution in [0.1, 0.15) is 22.3 Å². The Morgan fingerprint density at radius 1 is 0.914 bits per heavy atom. The van der Waals surface area contributed by atoms with Gasteiger partial charge in [0.25, 0.3) is 15.9 Å². The molecule has 0 saturated carbocycles. The van der Waals surface area contributed by atoms with E-state index in [9.17, 15) is 13.2 Å². The fourth-order valence-corrected chi connectivity index (χ4v) is 5.51. The number of carbonyl (C=O) groups is 1. The number of rotatable bonds is 6. The number of aromatic nitrogens is 2. The number of anilines is 2. The molecular formula is C26H22N4O4S. The van der Waals surface area contributed by atoms with Crippen LogP contribution < -0.4 is 14.4 Å². The first-order valence-electron chi connectivity index (χ1n) is 11.1. The quantitative estimate of drug-likeness (QED) is 0.425. The van der Waals surface area contributed by atoms with Crippen molar-refractivity contribution in [3.05, 3.63) is 102 Å². The maximum Gasteiger partial charge on any atom is 0.321 e. The summed E-state index contributed by atoms with van der Waals surface area (Å²) in [6.07, 6.45) is 4.74. The van der Waals surface area contributed by atoms with E-state index in [-0.39, 0.29) is 16.5 Å². The smallest absolute Gasteiger partial charge is 0.321 e. The highest BCUT2D eigenvalue weighted by Gasteiger charge is 2.29. The Kier molecular flexibility index (Phi) is 6.15. The van der Waals surface area contributed by atoms with Gasteiger partial charge in [0, 0.05) is 30.2 Å². The second-order valence-electron chi connectivity index (χ2n) is 7.95. The van der Waals surface area contributed by atoms with Gasteiger partial charge in [-0.05, 0) is 73.0 Å². The highest BCUT2D eigenvalue weighted by atomic mass is 32.2. The second-order valence-corrected chi connectivity index (χ2v) is 9.81. The first-order valence-corrected chi connectivity index (χ1v) is 12.5. The molecule has 0 atom stereocenters. The van der Waals surface area contributed by atoms with E-state index in [1.807, 2.05) is 24.3 Å². The predicted octanol–water partition coefficient (Wildman–Crippen LogP) is 4.66. The molecule has 4 aromatic rings. The first kappa shape index (κ1) is 22.5. The van der Waals surface area contributed by atoms with Crippen molar-refractivity contribution >= 4 is 27.3 Å². The monoisotopic (exact) mass is 486 g/mol. The number of benzene rings is 3. The summed E-state index contributed by atoms with van der Waals surface area (Å²) in [6.45, 7) is 0.401. The maximum absolute atomic E-state index is 13.4. The Balaban J connectivity index is 1.32. The zero-order valence-corrected chi connectivity index (χ0v) is 19.5. The molecule has 1 N–H and O–H groups in total. The molecule has 1 amide bonds. The fraction of sp³-hybridized carbons (Fsp3) is 0.115. The van der Waals surface area contributed by atoms with Gasteiger partial charge >= 0.3 is 6.01 Å². The normalized spacial score (nSPS) is 13.1. The molecule has 8 nitrogen and oxygen atoms in total. The van der Waals surface area contributed by atoms with Gasteiger partial charge in [0.1, 0.15) is 5.75 Å². The van der Waals surface area contributed by atoms with Gasteiger partial charge in [-0.3, -0.25) is 9.10 Å². The highest BCUT2D eigenvalue weighted by Crippen LogP contribution is 2.32. The van der Waals surface area contributed by atoms with Crippen molar-refractivity contribution in [1.82, 2.24) is 9.97 Å². The van der Waals surface area contributed by atoms with Gasteiger partial charge < -0.3 is 10.1 Å². The first-order chi connectivity index (χ1) is 17.0. The molecule has 1 aliphatic rings. The number of aryl methyl sites for hydroxylation is 1. The van der Waals surface area contributed by atoms with E-state index in [0.717, 1.165) is 18.4 Å². The summed E-state index contributed by atoms with van der Waals surface area (Å²) in [5.74, 6) is 0.102. The number of amides is 1. The van der Waals surface area contributed by atoms with Crippen molar-refractivity contribution in [2.75, 3.05) is 16.2 Å². The molecule has 0 radical (unpaired) electrons. The minimum Gasteiger partial charge on any atom is -0.424 e. The molecule has 5 rings (SSSR count). The summed E-state index contributed by atoms with van der Waals surface area (Å²) in [4.78, 5) is 21.0. The van der Waals surface area contributed by atoms with Crippen LogP contribution in [0.25, 0.3) is 0 Å². The van der Waals surface area contributed by atoms with Crippen molar-refractivity contribution in [1.29, 1.82) is 0 Å². The van der Waals surface area contributed by atoms with Crippen LogP contribution in [0, 0.1) is 0 Å². The average Bonchev–Trinajstić information content (AvgIpc) is 2.90. The van der Waals surface area contributed by atoms with Crippen LogP contribution in [0.15, 0.2) is 96.2 Å². The summed E-state index contributed by atoms with van der Waals surface area (Å²) in [6, 6.07) is 22.2. The average molecular weight is 487 g/mol. The predicted molar refractivity (Wildman–Crippen MR) is 132 cm³/mol. The number of sulfonamides is 1. The fourth-order valence-electron chi connectivity index (χ4n) is 3.93. The van der Waals surface area contributed by atoms with E-state index in [2.05, 4.69) is 15.3 Å². The Morgan fingerprint density at radius 2 is 1.69 bits per heavy atom. The Hall–Kier alpha value is -4.24. The van der Waals surface area contributed by atoms with E-state index >= 15 is 0 Å². The van der Waals surface area contributed by atoms with Crippen LogP contribution in [0.5, 0.6) is 11.8 Å². The molecule has 0 bridgehead atoms. The van der Waals surface area contributed by atoms with Crippen LogP contribution in [0.3, 0.4) is 0 Å². The number of hydrogen-bond acceptors (Lipinski definition) is 6. The number of carbonyl (C=O) groups excluding carboxylic acids is 1. The van der Waals surface area contributed by atoms with Gasteiger partial charge in [0.2, 0.25) is 0 Å². The lowest BCUT2D eigenvalue weighted by atomic mass is 10.0. The van der Waals surface area contributed by atoms with Crippen LogP contribution in [-0.2, 0) is 16.4 Å². The summed E-state index contributed by atoms with van der Waals surface area (Å²) in [7, 11) is -3.81. The van der Waals surface area contributed by atoms with E-state index < -0.39 is 15.9 Å². The molecule has 0 aliphatic carbocycles. The molecule has 176 valence electrons. The van der Waals surface area contributed by atoms with Crippen LogP contribution in [0.4, 0.5) is 11.4 Å². The number of nitrogens with one attached hydrogen (secondary N) is 1. The van der Waals surface area contributed by atoms with Crippen LogP contribution in [-0.4, -0.2) is 30.8 Å². The van der Waals surface area contributed by atoms with Gasteiger partial charge in [-0.2, -0.15) is 0 Å². The third kappa shape index (κ3) is 4.85. The molecule has 0 spiro atoms. The van der Waals surface area contributed by atoms with Gasteiger partial charge in [-0.1, -0.05) is 24.3 Å². The third-order valence-electron chi connectivity index (χ3n) is 5.62. The van der Waals surface area contributed by atoms with Gasteiger partial charge in [-0.25, -0.2) is 18.4 Å². The van der Waals surface area contributed by atoms with Gasteiger partial charge in [0.15, 0.2) is 0 Å². The molecule has 9 heteroatoms. The number of ether oxygens (including phenoxy) is 1. The maximum atomic E-state index is 13.4. The molecule has 35 heavy (non-hydrogen) atoms. The van der Waals surface area contributed by atoms with Gasteiger partial charge in [-0.15, -0.1) is 0 Å². The highest BCUT2D eigenvalue weighted by molar-refractivity contribution is 7.92. The Bertz CT molecular complexity index is 1460. The molecular weight excluding hydrogens is 464 g/mol. The lowest BCUT2D eigenvalue weighted by Crippen LogP contribution is -2.35. The van der Waals surface area contributed by atoms with Crippen molar-refractivity contribution in [3.63, 3.8) is 0 Å². The zero-order chi connectivity index (χ0) is 24.3. The number of nitrogens with zero attached hydrogens (tertiary/aromatic N) is 3. The summed E-state index contributed by atoms with van der Waals surface area (Å²) < 4.78 is 33.9. The second kappa shape index (κ2) is 9.55. The molecule has 1 aliphatic heterocycles. The summed E-state index contributed by atoms with van der Waals surface area (Å²) in [5, 5.41) is 2.79. The number of fused-ring (bicyclic) bond motifs is 1. The molecule has 1 aromatic heterocycles. The molecule has 0 fully saturated rings. The zero-order valence-electron chi connectivity index (χ0n) is 18.7. The van der Waals surface area contributed by atoms with Gasteiger partial charge in [0.05, 0.1) is 10.6 Å². The molecule has 2 heterocycles. The van der Waals surface area contributed by atoms with Crippen LogP contribution in [0.2, 0.25) is 0 Å². The lowest BCUT2D eigenvalue weighted by Gasteiger charge is -2.30. The van der Waals surface area contributed by atoms with E-state index in [1.54, 1.807) is 54.9 Å². The summed E-state index contributed by atoms with van der Waals surface area (Å²) >= 11 is 0. The van der Waals surface area contributed by atoms with E-state index in [0.29, 0.717) is 23.7 Å². The molecule has 0 saturated heterocycles. The van der Waals surface area contributed by atoms with Crippen molar-refractivity contribution in [2.45, 2.75) is 17.7 Å². The van der Waals surface area contributed by atoms with Crippen molar-refractivity contribution in [2.24, 2.45) is 0 Å². The third-order valence-corrected chi connectivity index (χ3v) is 7.42. The number of hydrogen-bond donors (Lipinski definition) is 1. The molecule has 3 aromatic carbocycles. The number of para-hydroxylation sites is 1. The SMILES string of the molecule is O=C(Nc1ccc(Oc2ncccn2)cc1)c1cccc(S(=O)(=O)N2CCCc3ccccc32)c1. The van der Waals surface area contributed by atoms with Crippen molar-refractivity contribution in [3.8, 4) is 11.8 Å². The topological polar surface area (TPSA) is 101 Å². The molecule has 0 unspecified atom stereocenters. The van der Waals surface area contributed by atoms with E-state index in [1.165, 1.54) is 16.4 Å². The minimum atomic E-state index is -3.81. The Labute approximate surface area is 203 Å². The largest absolute Gasteiger partial charge is 0.424 e. The lowest BCUT2D eigenvalue weighted by molar-refractivity contribution is 0.102. The van der Waals surface area contributed by atoms with E-state index in [4.69, 9.17) is 4.74 Å². The standard InChI is InChI=1S/C26H22N4O4S/c31-25(29-21-11-13-22(14-12-21)34-26-27-15-5-16-28-26)20-7-3-9-23(18-20)35(32,33)30-17-4-8-19-6-1-2-10-24(19)30/h1-3,5-7,9-16,18H,4,8,17H2,(H,29,31). The Morgan fingerprint density at radius 3 is 2.49 bits per heavy atom.